The largest absolute Gasteiger partial charge is 0.495 e. The maximum atomic E-state index is 8.74. The van der Waals surface area contributed by atoms with Crippen LogP contribution in [-0.2, 0) is 0 Å². The summed E-state index contributed by atoms with van der Waals surface area (Å²) in [7, 11) is 1.58. The standard InChI is InChI=1S/C12H12N2O/c1-15-12-6-5-10(9-14)8-11(12)4-2-3-7-13/h5-6,8H,3,7,13H2,1H3. The van der Waals surface area contributed by atoms with Gasteiger partial charge in [0.1, 0.15) is 5.75 Å². The molecular weight excluding hydrogens is 188 g/mol. The van der Waals surface area contributed by atoms with Gasteiger partial charge in [-0.15, -0.1) is 0 Å². The highest BCUT2D eigenvalue weighted by Gasteiger charge is 2.00. The lowest BCUT2D eigenvalue weighted by atomic mass is 10.1. The van der Waals surface area contributed by atoms with Gasteiger partial charge in [-0.05, 0) is 18.2 Å². The molecule has 0 bridgehead atoms. The molecule has 0 aliphatic heterocycles. The first kappa shape index (κ1) is 11.1. The third-order valence-electron chi connectivity index (χ3n) is 1.82. The third kappa shape index (κ3) is 3.02. The van der Waals surface area contributed by atoms with Crippen LogP contribution in [0.15, 0.2) is 18.2 Å². The Morgan fingerprint density at radius 1 is 1.47 bits per heavy atom. The van der Waals surface area contributed by atoms with Crippen molar-refractivity contribution in [3.05, 3.63) is 29.3 Å². The van der Waals surface area contributed by atoms with E-state index in [4.69, 9.17) is 15.7 Å². The fourth-order valence-electron chi connectivity index (χ4n) is 1.11. The van der Waals surface area contributed by atoms with Crippen molar-refractivity contribution in [3.8, 4) is 23.7 Å². The van der Waals surface area contributed by atoms with E-state index in [-0.39, 0.29) is 0 Å². The number of hydrogen-bond acceptors (Lipinski definition) is 3. The van der Waals surface area contributed by atoms with E-state index < -0.39 is 0 Å². The van der Waals surface area contributed by atoms with Gasteiger partial charge in [0.25, 0.3) is 0 Å². The fourth-order valence-corrected chi connectivity index (χ4v) is 1.11. The van der Waals surface area contributed by atoms with Crippen LogP contribution in [-0.4, -0.2) is 13.7 Å². The average molecular weight is 200 g/mol. The number of rotatable bonds is 2. The van der Waals surface area contributed by atoms with E-state index in [1.807, 2.05) is 0 Å². The van der Waals surface area contributed by atoms with Gasteiger partial charge in [-0.25, -0.2) is 0 Å². The molecule has 0 aromatic heterocycles. The third-order valence-corrected chi connectivity index (χ3v) is 1.82. The highest BCUT2D eigenvalue weighted by atomic mass is 16.5. The van der Waals surface area contributed by atoms with Crippen molar-refractivity contribution in [2.24, 2.45) is 5.73 Å². The summed E-state index contributed by atoms with van der Waals surface area (Å²) in [5, 5.41) is 8.74. The molecule has 3 nitrogen and oxygen atoms in total. The van der Waals surface area contributed by atoms with E-state index >= 15 is 0 Å². The lowest BCUT2D eigenvalue weighted by molar-refractivity contribution is 0.413. The van der Waals surface area contributed by atoms with Crippen molar-refractivity contribution in [1.82, 2.24) is 0 Å². The minimum absolute atomic E-state index is 0.535. The SMILES string of the molecule is COc1ccc(C#N)cc1C#CCCN. The topological polar surface area (TPSA) is 59.0 Å². The minimum Gasteiger partial charge on any atom is -0.495 e. The smallest absolute Gasteiger partial charge is 0.134 e. The van der Waals surface area contributed by atoms with Crippen LogP contribution in [0.2, 0.25) is 0 Å². The molecule has 0 aliphatic rings. The van der Waals surface area contributed by atoms with Gasteiger partial charge in [0.05, 0.1) is 24.3 Å². The van der Waals surface area contributed by atoms with E-state index in [2.05, 4.69) is 17.9 Å². The zero-order valence-corrected chi connectivity index (χ0v) is 8.58. The van der Waals surface area contributed by atoms with E-state index in [9.17, 15) is 0 Å². The first-order valence-electron chi connectivity index (χ1n) is 4.59. The monoisotopic (exact) mass is 200 g/mol. The Hall–Kier alpha value is -1.97. The molecule has 1 rings (SSSR count). The molecule has 76 valence electrons. The molecule has 0 atom stereocenters. The van der Waals surface area contributed by atoms with Gasteiger partial charge in [0.15, 0.2) is 0 Å². The van der Waals surface area contributed by atoms with Crippen molar-refractivity contribution >= 4 is 0 Å². The van der Waals surface area contributed by atoms with Crippen molar-refractivity contribution in [2.75, 3.05) is 13.7 Å². The predicted octanol–water partition coefficient (Wildman–Crippen LogP) is 1.27. The van der Waals surface area contributed by atoms with Crippen LogP contribution in [0.3, 0.4) is 0 Å². The first-order valence-corrected chi connectivity index (χ1v) is 4.59. The van der Waals surface area contributed by atoms with Crippen molar-refractivity contribution in [2.45, 2.75) is 6.42 Å². The summed E-state index contributed by atoms with van der Waals surface area (Å²) in [6, 6.07) is 7.21. The van der Waals surface area contributed by atoms with Gasteiger partial charge in [0.2, 0.25) is 0 Å². The number of nitrogens with two attached hydrogens (primary N) is 1. The van der Waals surface area contributed by atoms with E-state index in [1.165, 1.54) is 0 Å². The fraction of sp³-hybridized carbons (Fsp3) is 0.250. The molecule has 0 spiro atoms. The molecule has 0 aliphatic carbocycles. The van der Waals surface area contributed by atoms with Crippen LogP contribution < -0.4 is 10.5 Å². The Morgan fingerprint density at radius 3 is 2.87 bits per heavy atom. The van der Waals surface area contributed by atoms with Crippen LogP contribution >= 0.6 is 0 Å². The lowest BCUT2D eigenvalue weighted by Gasteiger charge is -2.02. The van der Waals surface area contributed by atoms with E-state index in [0.717, 1.165) is 5.56 Å². The molecular formula is C12H12N2O. The van der Waals surface area contributed by atoms with Crippen LogP contribution in [0.4, 0.5) is 0 Å². The Labute approximate surface area is 89.5 Å². The number of methoxy groups -OCH3 is 1. The zero-order valence-electron chi connectivity index (χ0n) is 8.58. The second kappa shape index (κ2) is 5.70. The van der Waals surface area contributed by atoms with Gasteiger partial charge >= 0.3 is 0 Å². The molecule has 0 unspecified atom stereocenters. The first-order chi connectivity index (χ1) is 7.31. The van der Waals surface area contributed by atoms with Gasteiger partial charge in [0, 0.05) is 13.0 Å². The molecule has 1 aromatic rings. The molecule has 0 fully saturated rings. The number of benzene rings is 1. The predicted molar refractivity (Wildman–Crippen MR) is 58.3 cm³/mol. The number of nitriles is 1. The summed E-state index contributed by atoms with van der Waals surface area (Å²) in [6.07, 6.45) is 0.639. The van der Waals surface area contributed by atoms with Gasteiger partial charge in [-0.3, -0.25) is 0 Å². The Morgan fingerprint density at radius 2 is 2.27 bits per heavy atom. The summed E-state index contributed by atoms with van der Waals surface area (Å²) >= 11 is 0. The highest BCUT2D eigenvalue weighted by molar-refractivity contribution is 5.50. The van der Waals surface area contributed by atoms with E-state index in [1.54, 1.807) is 25.3 Å². The average Bonchev–Trinajstić information content (AvgIpc) is 2.29. The molecule has 1 aromatic carbocycles. The second-order valence-electron chi connectivity index (χ2n) is 2.87. The van der Waals surface area contributed by atoms with Crippen LogP contribution in [0.5, 0.6) is 5.75 Å². The molecule has 2 N–H and O–H groups in total. The molecule has 0 heterocycles. The summed E-state index contributed by atoms with van der Waals surface area (Å²) < 4.78 is 5.13. The van der Waals surface area contributed by atoms with Crippen LogP contribution in [0.25, 0.3) is 0 Å². The maximum Gasteiger partial charge on any atom is 0.134 e. The molecule has 0 amide bonds. The Bertz CT molecular complexity index is 435. The van der Waals surface area contributed by atoms with E-state index in [0.29, 0.717) is 24.3 Å². The number of ether oxygens (including phenoxy) is 1. The molecule has 0 saturated carbocycles. The molecule has 15 heavy (non-hydrogen) atoms. The summed E-state index contributed by atoms with van der Waals surface area (Å²) in [4.78, 5) is 0. The normalized spacial score (nSPS) is 8.60. The highest BCUT2D eigenvalue weighted by Crippen LogP contribution is 2.18. The number of nitrogens with zero attached hydrogens (tertiary/aromatic N) is 1. The van der Waals surface area contributed by atoms with Crippen molar-refractivity contribution in [3.63, 3.8) is 0 Å². The number of hydrogen-bond donors (Lipinski definition) is 1. The zero-order chi connectivity index (χ0) is 11.1. The van der Waals surface area contributed by atoms with Crippen LogP contribution in [0, 0.1) is 23.2 Å². The Balaban J connectivity index is 3.04. The second-order valence-corrected chi connectivity index (χ2v) is 2.87. The molecule has 0 saturated heterocycles. The summed E-state index contributed by atoms with van der Waals surface area (Å²) in [6.45, 7) is 0.535. The van der Waals surface area contributed by atoms with Gasteiger partial charge in [-0.1, -0.05) is 11.8 Å². The lowest BCUT2D eigenvalue weighted by Crippen LogP contribution is -1.95. The minimum atomic E-state index is 0.535. The van der Waals surface area contributed by atoms with Crippen LogP contribution in [0.1, 0.15) is 17.5 Å². The Kier molecular flexibility index (Phi) is 4.22. The van der Waals surface area contributed by atoms with Gasteiger partial charge in [-0.2, -0.15) is 5.26 Å². The molecule has 0 radical (unpaired) electrons. The maximum absolute atomic E-state index is 8.74. The molecule has 3 heteroatoms. The summed E-state index contributed by atoms with van der Waals surface area (Å²) in [5.74, 6) is 6.53. The van der Waals surface area contributed by atoms with Crippen molar-refractivity contribution in [1.29, 1.82) is 5.26 Å². The van der Waals surface area contributed by atoms with Crippen molar-refractivity contribution < 1.29 is 4.74 Å². The quantitative estimate of drug-likeness (QED) is 0.731. The van der Waals surface area contributed by atoms with Gasteiger partial charge < -0.3 is 10.5 Å². The summed E-state index contributed by atoms with van der Waals surface area (Å²) in [5.41, 5.74) is 6.64.